The Morgan fingerprint density at radius 2 is 2.10 bits per heavy atom. The third kappa shape index (κ3) is 3.62. The Kier molecular flexibility index (Phi) is 4.86. The van der Waals surface area contributed by atoms with Crippen LogP contribution in [-0.2, 0) is 9.59 Å². The lowest BCUT2D eigenvalue weighted by Gasteiger charge is -2.29. The van der Waals surface area contributed by atoms with Gasteiger partial charge < -0.3 is 15.3 Å². The van der Waals surface area contributed by atoms with Gasteiger partial charge in [0, 0.05) is 18.1 Å². The van der Waals surface area contributed by atoms with E-state index in [9.17, 15) is 14.7 Å². The van der Waals surface area contributed by atoms with Crippen molar-refractivity contribution in [3.63, 3.8) is 0 Å². The molecule has 1 unspecified atom stereocenters. The zero-order chi connectivity index (χ0) is 14.7. The molecule has 0 radical (unpaired) electrons. The molecule has 5 nitrogen and oxygen atoms in total. The Hall–Kier alpha value is -1.30. The molecule has 1 saturated heterocycles. The molecular weight excluding hydrogens is 303 g/mol. The van der Waals surface area contributed by atoms with Crippen LogP contribution in [0, 0.1) is 0 Å². The Morgan fingerprint density at radius 3 is 2.80 bits per heavy atom. The molecule has 1 aliphatic rings. The molecule has 0 aromatic heterocycles. The number of halogens is 2. The second kappa shape index (κ2) is 6.43. The van der Waals surface area contributed by atoms with Gasteiger partial charge in [0.25, 0.3) is 0 Å². The first kappa shape index (κ1) is 15.1. The van der Waals surface area contributed by atoms with Gasteiger partial charge in [0.2, 0.25) is 0 Å². The maximum atomic E-state index is 12.0. The number of anilines is 1. The number of β-amino-alcohol motifs (C(OH)–C–C–N with tert-alkyl or cyclic N) is 1. The number of carbonyl (C=O) groups is 2. The molecule has 7 heteroatoms. The summed E-state index contributed by atoms with van der Waals surface area (Å²) in [5.74, 6) is -1.47. The van der Waals surface area contributed by atoms with Crippen LogP contribution in [0.25, 0.3) is 0 Å². The van der Waals surface area contributed by atoms with E-state index in [0.717, 1.165) is 0 Å². The standard InChI is InChI=1S/C13H14Cl2N2O3/c14-8-3-4-10(15)11(6-8)16-12(19)13(20)17-5-1-2-9(18)7-17/h3-4,6,9,18H,1-2,5,7H2,(H,16,19). The fourth-order valence-electron chi connectivity index (χ4n) is 2.05. The number of hydrogen-bond acceptors (Lipinski definition) is 3. The van der Waals surface area contributed by atoms with E-state index in [0.29, 0.717) is 29.4 Å². The molecule has 1 atom stereocenters. The molecule has 2 N–H and O–H groups in total. The normalized spacial score (nSPS) is 18.8. The van der Waals surface area contributed by atoms with Crippen molar-refractivity contribution in [2.24, 2.45) is 0 Å². The second-order valence-electron chi connectivity index (χ2n) is 4.63. The molecule has 0 saturated carbocycles. The lowest BCUT2D eigenvalue weighted by Crippen LogP contribution is -2.46. The predicted molar refractivity (Wildman–Crippen MR) is 76.9 cm³/mol. The predicted octanol–water partition coefficient (Wildman–Crippen LogP) is 1.92. The summed E-state index contributed by atoms with van der Waals surface area (Å²) >= 11 is 11.7. The average Bonchev–Trinajstić information content (AvgIpc) is 2.42. The topological polar surface area (TPSA) is 69.6 Å². The number of carbonyl (C=O) groups excluding carboxylic acids is 2. The quantitative estimate of drug-likeness (QED) is 0.778. The lowest BCUT2D eigenvalue weighted by atomic mass is 10.1. The summed E-state index contributed by atoms with van der Waals surface area (Å²) in [6, 6.07) is 4.59. The number of hydrogen-bond donors (Lipinski definition) is 2. The number of likely N-dealkylation sites (tertiary alicyclic amines) is 1. The Balaban J connectivity index is 2.04. The number of nitrogens with one attached hydrogen (secondary N) is 1. The van der Waals surface area contributed by atoms with Crippen molar-refractivity contribution in [2.75, 3.05) is 18.4 Å². The molecule has 0 bridgehead atoms. The summed E-state index contributed by atoms with van der Waals surface area (Å²) in [5, 5.41) is 12.7. The van der Waals surface area contributed by atoms with Gasteiger partial charge in [0.1, 0.15) is 0 Å². The Labute approximate surface area is 126 Å². The summed E-state index contributed by atoms with van der Waals surface area (Å²) in [6.45, 7) is 0.641. The van der Waals surface area contributed by atoms with E-state index in [4.69, 9.17) is 23.2 Å². The number of piperidine rings is 1. The molecule has 2 rings (SSSR count). The second-order valence-corrected chi connectivity index (χ2v) is 5.47. The fourth-order valence-corrected chi connectivity index (χ4v) is 2.39. The van der Waals surface area contributed by atoms with Crippen LogP contribution in [0.1, 0.15) is 12.8 Å². The van der Waals surface area contributed by atoms with Crippen molar-refractivity contribution in [2.45, 2.75) is 18.9 Å². The molecule has 1 aliphatic heterocycles. The number of nitrogens with zero attached hydrogens (tertiary/aromatic N) is 1. The van der Waals surface area contributed by atoms with E-state index in [1.807, 2.05) is 0 Å². The summed E-state index contributed by atoms with van der Waals surface area (Å²) in [5.41, 5.74) is 0.287. The monoisotopic (exact) mass is 316 g/mol. The largest absolute Gasteiger partial charge is 0.391 e. The summed E-state index contributed by atoms with van der Waals surface area (Å²) in [7, 11) is 0. The molecule has 0 aliphatic carbocycles. The molecular formula is C13H14Cl2N2O3. The van der Waals surface area contributed by atoms with E-state index < -0.39 is 17.9 Å². The van der Waals surface area contributed by atoms with E-state index >= 15 is 0 Å². The van der Waals surface area contributed by atoms with Gasteiger partial charge in [-0.25, -0.2) is 0 Å². The van der Waals surface area contributed by atoms with Crippen molar-refractivity contribution in [1.82, 2.24) is 4.90 Å². The van der Waals surface area contributed by atoms with Crippen LogP contribution in [0.5, 0.6) is 0 Å². The van der Waals surface area contributed by atoms with Crippen LogP contribution in [0.2, 0.25) is 10.0 Å². The van der Waals surface area contributed by atoms with Crippen LogP contribution in [0.15, 0.2) is 18.2 Å². The van der Waals surface area contributed by atoms with Gasteiger partial charge in [-0.1, -0.05) is 23.2 Å². The minimum Gasteiger partial charge on any atom is -0.391 e. The maximum Gasteiger partial charge on any atom is 0.313 e. The molecule has 108 valence electrons. The van der Waals surface area contributed by atoms with Gasteiger partial charge in [-0.05, 0) is 31.0 Å². The SMILES string of the molecule is O=C(Nc1cc(Cl)ccc1Cl)C(=O)N1CCCC(O)C1. The number of aliphatic hydroxyl groups excluding tert-OH is 1. The smallest absolute Gasteiger partial charge is 0.313 e. The lowest BCUT2D eigenvalue weighted by molar-refractivity contribution is -0.145. The first-order valence-corrected chi connectivity index (χ1v) is 6.96. The highest BCUT2D eigenvalue weighted by Gasteiger charge is 2.27. The Bertz CT molecular complexity index is 536. The van der Waals surface area contributed by atoms with Gasteiger partial charge in [0.05, 0.1) is 16.8 Å². The summed E-state index contributed by atoms with van der Waals surface area (Å²) in [4.78, 5) is 25.2. The highest BCUT2D eigenvalue weighted by Crippen LogP contribution is 2.25. The van der Waals surface area contributed by atoms with Crippen LogP contribution >= 0.6 is 23.2 Å². The van der Waals surface area contributed by atoms with Gasteiger partial charge in [-0.3, -0.25) is 9.59 Å². The van der Waals surface area contributed by atoms with E-state index in [-0.39, 0.29) is 12.2 Å². The van der Waals surface area contributed by atoms with E-state index in [1.165, 1.54) is 17.0 Å². The van der Waals surface area contributed by atoms with Crippen LogP contribution in [0.3, 0.4) is 0 Å². The number of rotatable bonds is 1. The van der Waals surface area contributed by atoms with Crippen LogP contribution in [0.4, 0.5) is 5.69 Å². The summed E-state index contributed by atoms with van der Waals surface area (Å²) in [6.07, 6.45) is 0.749. The molecule has 0 spiro atoms. The zero-order valence-corrected chi connectivity index (χ0v) is 12.1. The van der Waals surface area contributed by atoms with E-state index in [2.05, 4.69) is 5.32 Å². The molecule has 2 amide bonds. The van der Waals surface area contributed by atoms with Gasteiger partial charge >= 0.3 is 11.8 Å². The molecule has 1 aromatic carbocycles. The van der Waals surface area contributed by atoms with E-state index in [1.54, 1.807) is 6.07 Å². The van der Waals surface area contributed by atoms with Crippen molar-refractivity contribution in [3.05, 3.63) is 28.2 Å². The molecule has 1 heterocycles. The number of aliphatic hydroxyl groups is 1. The minimum absolute atomic E-state index is 0.176. The van der Waals surface area contributed by atoms with Crippen molar-refractivity contribution >= 4 is 40.7 Å². The first-order chi connectivity index (χ1) is 9.47. The van der Waals surface area contributed by atoms with Crippen molar-refractivity contribution in [1.29, 1.82) is 0 Å². The van der Waals surface area contributed by atoms with Gasteiger partial charge in [-0.15, -0.1) is 0 Å². The molecule has 1 fully saturated rings. The molecule has 20 heavy (non-hydrogen) atoms. The minimum atomic E-state index is -0.789. The van der Waals surface area contributed by atoms with Gasteiger partial charge in [0.15, 0.2) is 0 Å². The zero-order valence-electron chi connectivity index (χ0n) is 10.6. The molecule has 1 aromatic rings. The fraction of sp³-hybridized carbons (Fsp3) is 0.385. The number of amides is 2. The van der Waals surface area contributed by atoms with Crippen molar-refractivity contribution < 1.29 is 14.7 Å². The average molecular weight is 317 g/mol. The van der Waals surface area contributed by atoms with Crippen LogP contribution in [-0.4, -0.2) is 41.0 Å². The highest BCUT2D eigenvalue weighted by atomic mass is 35.5. The summed E-state index contributed by atoms with van der Waals surface area (Å²) < 4.78 is 0. The number of benzene rings is 1. The van der Waals surface area contributed by atoms with Gasteiger partial charge in [-0.2, -0.15) is 0 Å². The third-order valence-electron chi connectivity index (χ3n) is 3.05. The third-order valence-corrected chi connectivity index (χ3v) is 3.62. The maximum absolute atomic E-state index is 12.0. The highest BCUT2D eigenvalue weighted by molar-refractivity contribution is 6.42. The van der Waals surface area contributed by atoms with Crippen molar-refractivity contribution in [3.8, 4) is 0 Å². The Morgan fingerprint density at radius 1 is 1.35 bits per heavy atom. The first-order valence-electron chi connectivity index (χ1n) is 6.21. The van der Waals surface area contributed by atoms with Crippen LogP contribution < -0.4 is 5.32 Å².